The first-order valence-electron chi connectivity index (χ1n) is 11.8. The molecule has 3 heterocycles. The average molecular weight is 588 g/mol. The summed E-state index contributed by atoms with van der Waals surface area (Å²) in [4.78, 5) is 14.3. The van der Waals surface area contributed by atoms with Crippen molar-refractivity contribution in [2.75, 3.05) is 36.4 Å². The van der Waals surface area contributed by atoms with Crippen LogP contribution in [0.25, 0.3) is 11.1 Å². The minimum Gasteiger partial charge on any atom is -0.495 e. The molecular formula is C24H22F5N5O5S. The molecule has 16 heteroatoms. The number of hydrogen-bond acceptors (Lipinski definition) is 10. The van der Waals surface area contributed by atoms with Crippen molar-refractivity contribution in [2.45, 2.75) is 24.7 Å². The molecule has 214 valence electrons. The summed E-state index contributed by atoms with van der Waals surface area (Å²) in [7, 11) is 1.25. The molecule has 2 saturated heterocycles. The van der Waals surface area contributed by atoms with E-state index in [0.29, 0.717) is 18.3 Å². The van der Waals surface area contributed by atoms with Crippen LogP contribution in [0.15, 0.2) is 47.2 Å². The fourth-order valence-electron chi connectivity index (χ4n) is 4.72. The number of rotatable bonds is 7. The number of aromatic nitrogens is 1. The van der Waals surface area contributed by atoms with E-state index in [-0.39, 0.29) is 31.1 Å². The Labute approximate surface area is 228 Å². The number of carbonyl (C=O) groups is 1. The second-order valence-electron chi connectivity index (χ2n) is 8.88. The number of carbonyl (C=O) groups excluding carboxylic acids is 1. The standard InChI is InChI=1S/C24H22F5N5O5S/c1-37-19-9-14(13-3-2-4-15(23(13)26)24(27,28)29)16(25)10-18(19)33-17-5-7-32(11-20(17)38-12-22(33)35)34(36)40-31-21-6-8-39-30-21/h2-4,6,8-10,17,20,36H,5,7,11-12H2,1H3,(H,30,31). The zero-order valence-corrected chi connectivity index (χ0v) is 21.5. The van der Waals surface area contributed by atoms with E-state index in [1.165, 1.54) is 18.3 Å². The number of hydrazine groups is 1. The molecule has 2 aliphatic heterocycles. The van der Waals surface area contributed by atoms with Crippen LogP contribution in [0.5, 0.6) is 5.75 Å². The van der Waals surface area contributed by atoms with Crippen LogP contribution in [-0.4, -0.2) is 64.8 Å². The van der Waals surface area contributed by atoms with Crippen molar-refractivity contribution in [1.29, 1.82) is 0 Å². The van der Waals surface area contributed by atoms with Gasteiger partial charge in [-0.1, -0.05) is 17.3 Å². The van der Waals surface area contributed by atoms with Gasteiger partial charge in [-0.15, -0.1) is 0 Å². The van der Waals surface area contributed by atoms with Crippen LogP contribution < -0.4 is 14.4 Å². The SMILES string of the molecule is COc1cc(-c2cccc(C(F)(F)F)c2F)c(F)cc1N1C(=O)COC2CN(N(O)SNc3ccon3)CCC21. The van der Waals surface area contributed by atoms with Crippen molar-refractivity contribution in [3.63, 3.8) is 0 Å². The molecule has 1 aromatic heterocycles. The third-order valence-corrected chi connectivity index (χ3v) is 7.25. The lowest BCUT2D eigenvalue weighted by Crippen LogP contribution is -2.63. The highest BCUT2D eigenvalue weighted by molar-refractivity contribution is 7.98. The van der Waals surface area contributed by atoms with Crippen molar-refractivity contribution >= 4 is 29.5 Å². The van der Waals surface area contributed by atoms with Gasteiger partial charge < -0.3 is 18.9 Å². The minimum absolute atomic E-state index is 0.0239. The first-order valence-corrected chi connectivity index (χ1v) is 12.6. The molecule has 1 amide bonds. The Morgan fingerprint density at radius 1 is 1.23 bits per heavy atom. The number of methoxy groups -OCH3 is 1. The predicted octanol–water partition coefficient (Wildman–Crippen LogP) is 4.73. The molecule has 2 aromatic carbocycles. The van der Waals surface area contributed by atoms with Crippen molar-refractivity contribution in [2.24, 2.45) is 0 Å². The zero-order chi connectivity index (χ0) is 28.6. The summed E-state index contributed by atoms with van der Waals surface area (Å²) in [5.74, 6) is -2.82. The third kappa shape index (κ3) is 5.44. The Morgan fingerprint density at radius 3 is 2.73 bits per heavy atom. The maximum atomic E-state index is 15.4. The molecule has 2 aliphatic rings. The number of alkyl halides is 3. The van der Waals surface area contributed by atoms with Crippen molar-refractivity contribution in [3.8, 4) is 16.9 Å². The molecule has 0 spiro atoms. The van der Waals surface area contributed by atoms with Gasteiger partial charge in [0.25, 0.3) is 5.91 Å². The van der Waals surface area contributed by atoms with Gasteiger partial charge in [0.15, 0.2) is 5.82 Å². The van der Waals surface area contributed by atoms with Crippen LogP contribution in [0.2, 0.25) is 0 Å². The van der Waals surface area contributed by atoms with Crippen molar-refractivity contribution in [3.05, 3.63) is 59.9 Å². The summed E-state index contributed by atoms with van der Waals surface area (Å²) in [5, 5.41) is 15.7. The number of hydrogen-bond donors (Lipinski definition) is 2. The Morgan fingerprint density at radius 2 is 2.02 bits per heavy atom. The molecule has 2 unspecified atom stereocenters. The zero-order valence-electron chi connectivity index (χ0n) is 20.7. The molecule has 0 aliphatic carbocycles. The maximum absolute atomic E-state index is 15.4. The molecule has 2 fully saturated rings. The maximum Gasteiger partial charge on any atom is 0.419 e. The van der Waals surface area contributed by atoms with E-state index in [4.69, 9.17) is 14.0 Å². The van der Waals surface area contributed by atoms with E-state index < -0.39 is 52.6 Å². The number of nitrogens with zero attached hydrogens (tertiary/aromatic N) is 4. The van der Waals surface area contributed by atoms with Crippen LogP contribution in [0, 0.1) is 11.6 Å². The second kappa shape index (κ2) is 11.2. The van der Waals surface area contributed by atoms with Crippen LogP contribution in [0.4, 0.5) is 33.5 Å². The molecule has 2 atom stereocenters. The van der Waals surface area contributed by atoms with Gasteiger partial charge in [-0.05, 0) is 23.1 Å². The molecule has 10 nitrogen and oxygen atoms in total. The number of anilines is 2. The van der Waals surface area contributed by atoms with Gasteiger partial charge in [-0.3, -0.25) is 14.7 Å². The topological polar surface area (TPSA) is 104 Å². The van der Waals surface area contributed by atoms with Crippen LogP contribution in [0.1, 0.15) is 12.0 Å². The summed E-state index contributed by atoms with van der Waals surface area (Å²) in [6.45, 7) is 0.0902. The lowest BCUT2D eigenvalue weighted by Gasteiger charge is -2.47. The monoisotopic (exact) mass is 587 g/mol. The summed E-state index contributed by atoms with van der Waals surface area (Å²) in [5.41, 5.74) is -2.56. The molecule has 5 rings (SSSR count). The predicted molar refractivity (Wildman–Crippen MR) is 132 cm³/mol. The second-order valence-corrected chi connectivity index (χ2v) is 9.59. The largest absolute Gasteiger partial charge is 0.495 e. The van der Waals surface area contributed by atoms with Crippen LogP contribution in [0.3, 0.4) is 0 Å². The number of benzene rings is 2. The fraction of sp³-hybridized carbons (Fsp3) is 0.333. The third-order valence-electron chi connectivity index (χ3n) is 6.56. The van der Waals surface area contributed by atoms with Gasteiger partial charge >= 0.3 is 6.18 Å². The Bertz CT molecular complexity index is 1380. The Hall–Kier alpha value is -3.44. The number of amides is 1. The summed E-state index contributed by atoms with van der Waals surface area (Å²) < 4.78 is 89.3. The molecule has 40 heavy (non-hydrogen) atoms. The van der Waals surface area contributed by atoms with Gasteiger partial charge in [0.1, 0.15) is 30.3 Å². The van der Waals surface area contributed by atoms with E-state index in [1.54, 1.807) is 11.1 Å². The lowest BCUT2D eigenvalue weighted by atomic mass is 9.96. The number of fused-ring (bicyclic) bond motifs is 1. The first kappa shape index (κ1) is 28.1. The summed E-state index contributed by atoms with van der Waals surface area (Å²) in [6.07, 6.45) is -3.91. The van der Waals surface area contributed by atoms with Gasteiger partial charge in [0.05, 0.1) is 42.6 Å². The number of piperidine rings is 1. The fourth-order valence-corrected chi connectivity index (χ4v) is 5.26. The quantitative estimate of drug-likeness (QED) is 0.229. The van der Waals surface area contributed by atoms with E-state index in [9.17, 15) is 27.6 Å². The molecule has 2 N–H and O–H groups in total. The van der Waals surface area contributed by atoms with Gasteiger partial charge in [0.2, 0.25) is 0 Å². The Balaban J connectivity index is 1.40. The normalized spacial score (nSPS) is 20.1. The van der Waals surface area contributed by atoms with Crippen LogP contribution in [-0.2, 0) is 15.7 Å². The summed E-state index contributed by atoms with van der Waals surface area (Å²) in [6, 6.07) is 5.56. The number of halogens is 5. The average Bonchev–Trinajstić information content (AvgIpc) is 3.45. The molecular weight excluding hydrogens is 565 g/mol. The Kier molecular flexibility index (Phi) is 7.87. The molecule has 3 aromatic rings. The molecule has 0 saturated carbocycles. The van der Waals surface area contributed by atoms with E-state index in [0.717, 1.165) is 41.0 Å². The highest BCUT2D eigenvalue weighted by Gasteiger charge is 2.44. The molecule has 0 bridgehead atoms. The minimum atomic E-state index is -4.97. The highest BCUT2D eigenvalue weighted by Crippen LogP contribution is 2.42. The molecule has 0 radical (unpaired) electrons. The smallest absolute Gasteiger partial charge is 0.419 e. The van der Waals surface area contributed by atoms with Gasteiger partial charge in [0, 0.05) is 36.3 Å². The number of nitrogens with one attached hydrogen (secondary N) is 1. The highest BCUT2D eigenvalue weighted by atomic mass is 32.2. The number of morpholine rings is 1. The van der Waals surface area contributed by atoms with Gasteiger partial charge in [-0.2, -0.15) is 13.2 Å². The van der Waals surface area contributed by atoms with E-state index in [2.05, 4.69) is 9.88 Å². The lowest BCUT2D eigenvalue weighted by molar-refractivity contribution is -0.191. The van der Waals surface area contributed by atoms with Crippen molar-refractivity contribution < 1.29 is 46.0 Å². The first-order chi connectivity index (χ1) is 19.1. The number of ether oxygens (including phenoxy) is 2. The van der Waals surface area contributed by atoms with Gasteiger partial charge in [-0.25, -0.2) is 13.8 Å². The van der Waals surface area contributed by atoms with Crippen LogP contribution >= 0.6 is 12.1 Å². The van der Waals surface area contributed by atoms with Crippen molar-refractivity contribution in [1.82, 2.24) is 14.7 Å². The van der Waals surface area contributed by atoms with E-state index >= 15 is 4.39 Å². The summed E-state index contributed by atoms with van der Waals surface area (Å²) >= 11 is 0.824. The van der Waals surface area contributed by atoms with E-state index in [1.807, 2.05) is 0 Å².